The van der Waals surface area contributed by atoms with Crippen molar-refractivity contribution in [3.8, 4) is 56.4 Å². The minimum absolute atomic E-state index is 0.568. The Morgan fingerprint density at radius 2 is 0.940 bits per heavy atom. The van der Waals surface area contributed by atoms with E-state index in [1.54, 1.807) is 0 Å². The van der Waals surface area contributed by atoms with E-state index in [-0.39, 0.29) is 0 Å². The highest BCUT2D eigenvalue weighted by atomic mass is 32.1. The molecule has 3 aromatic heterocycles. The molecule has 0 fully saturated rings. The van der Waals surface area contributed by atoms with E-state index in [2.05, 4.69) is 127 Å². The van der Waals surface area contributed by atoms with Crippen LogP contribution in [0.2, 0.25) is 0 Å². The fourth-order valence-corrected chi connectivity index (χ4v) is 8.01. The normalized spacial score (nSPS) is 11.6. The molecule has 3 heterocycles. The second-order valence-corrected chi connectivity index (χ2v) is 13.5. The molecular weight excluding hydrogens is 631 g/mol. The van der Waals surface area contributed by atoms with Crippen LogP contribution in [0.25, 0.3) is 98.5 Å². The molecule has 0 saturated carbocycles. The number of fused-ring (bicyclic) bond motifs is 6. The maximum atomic E-state index is 6.43. The van der Waals surface area contributed by atoms with Gasteiger partial charge in [0, 0.05) is 42.1 Å². The van der Waals surface area contributed by atoms with Gasteiger partial charge < -0.3 is 4.42 Å². The van der Waals surface area contributed by atoms with Crippen LogP contribution in [-0.4, -0.2) is 15.0 Å². The van der Waals surface area contributed by atoms with Crippen LogP contribution >= 0.6 is 11.3 Å². The Morgan fingerprint density at radius 1 is 0.360 bits per heavy atom. The number of benzene rings is 7. The van der Waals surface area contributed by atoms with Crippen LogP contribution in [0.1, 0.15) is 0 Å². The maximum absolute atomic E-state index is 6.43. The Bertz CT molecular complexity index is 2870. The Morgan fingerprint density at radius 3 is 1.82 bits per heavy atom. The summed E-state index contributed by atoms with van der Waals surface area (Å²) in [6.07, 6.45) is 0. The maximum Gasteiger partial charge on any atom is 0.167 e. The number of rotatable bonds is 5. The molecule has 7 aromatic carbocycles. The highest BCUT2D eigenvalue weighted by Gasteiger charge is 2.18. The van der Waals surface area contributed by atoms with Crippen LogP contribution in [0.3, 0.4) is 0 Å². The van der Waals surface area contributed by atoms with Gasteiger partial charge in [-0.3, -0.25) is 0 Å². The third-order valence-electron chi connectivity index (χ3n) is 9.36. The number of para-hydroxylation sites is 2. The molecule has 0 aliphatic heterocycles. The molecule has 4 nitrogen and oxygen atoms in total. The first-order valence-electron chi connectivity index (χ1n) is 16.6. The van der Waals surface area contributed by atoms with E-state index in [9.17, 15) is 0 Å². The summed E-state index contributed by atoms with van der Waals surface area (Å²) in [5.41, 5.74) is 8.83. The van der Waals surface area contributed by atoms with Crippen LogP contribution in [0, 0.1) is 0 Å². The number of aromatic nitrogens is 3. The first-order chi connectivity index (χ1) is 24.7. The van der Waals surface area contributed by atoms with Gasteiger partial charge >= 0.3 is 0 Å². The summed E-state index contributed by atoms with van der Waals surface area (Å²) in [5, 5.41) is 4.69. The molecule has 10 aromatic rings. The summed E-state index contributed by atoms with van der Waals surface area (Å²) in [7, 11) is 0. The van der Waals surface area contributed by atoms with Gasteiger partial charge in [0.15, 0.2) is 17.5 Å². The Balaban J connectivity index is 1.12. The largest absolute Gasteiger partial charge is 0.455 e. The summed E-state index contributed by atoms with van der Waals surface area (Å²) in [6, 6.07) is 56.9. The lowest BCUT2D eigenvalue weighted by Gasteiger charge is -2.10. The van der Waals surface area contributed by atoms with Gasteiger partial charge in [-0.25, -0.2) is 15.0 Å². The van der Waals surface area contributed by atoms with Crippen LogP contribution in [0.4, 0.5) is 0 Å². The second-order valence-electron chi connectivity index (χ2n) is 12.4. The predicted octanol–water partition coefficient (Wildman–Crippen LogP) is 12.5. The molecule has 10 rings (SSSR count). The lowest BCUT2D eigenvalue weighted by Crippen LogP contribution is -2.00. The minimum atomic E-state index is 0.568. The summed E-state index contributed by atoms with van der Waals surface area (Å²) in [6.45, 7) is 0. The van der Waals surface area contributed by atoms with Crippen molar-refractivity contribution in [1.29, 1.82) is 0 Å². The lowest BCUT2D eigenvalue weighted by atomic mass is 10.0. The predicted molar refractivity (Wildman–Crippen MR) is 207 cm³/mol. The van der Waals surface area contributed by atoms with Gasteiger partial charge in [0.2, 0.25) is 0 Å². The quantitative estimate of drug-likeness (QED) is 0.185. The van der Waals surface area contributed by atoms with E-state index in [0.29, 0.717) is 17.5 Å². The van der Waals surface area contributed by atoms with Crippen molar-refractivity contribution in [2.45, 2.75) is 0 Å². The number of nitrogens with zero attached hydrogens (tertiary/aromatic N) is 3. The van der Waals surface area contributed by atoms with Crippen molar-refractivity contribution in [3.63, 3.8) is 0 Å². The molecule has 0 saturated heterocycles. The van der Waals surface area contributed by atoms with Gasteiger partial charge in [-0.05, 0) is 52.6 Å². The molecule has 0 atom stereocenters. The van der Waals surface area contributed by atoms with Gasteiger partial charge in [0.05, 0.1) is 5.56 Å². The van der Waals surface area contributed by atoms with Gasteiger partial charge in [0.1, 0.15) is 11.2 Å². The van der Waals surface area contributed by atoms with E-state index in [1.807, 2.05) is 47.7 Å². The lowest BCUT2D eigenvalue weighted by molar-refractivity contribution is 0.669. The zero-order valence-electron chi connectivity index (χ0n) is 26.7. The summed E-state index contributed by atoms with van der Waals surface area (Å²) < 4.78 is 9.00. The molecule has 0 bridgehead atoms. The van der Waals surface area contributed by atoms with Gasteiger partial charge in [-0.2, -0.15) is 0 Å². The topological polar surface area (TPSA) is 51.8 Å². The zero-order valence-corrected chi connectivity index (χ0v) is 27.6. The third-order valence-corrected chi connectivity index (χ3v) is 10.5. The van der Waals surface area contributed by atoms with Crippen molar-refractivity contribution in [2.75, 3.05) is 0 Å². The van der Waals surface area contributed by atoms with Crippen molar-refractivity contribution in [3.05, 3.63) is 164 Å². The molecule has 0 spiro atoms. The van der Waals surface area contributed by atoms with Gasteiger partial charge in [-0.1, -0.05) is 133 Å². The highest BCUT2D eigenvalue weighted by molar-refractivity contribution is 7.25. The minimum Gasteiger partial charge on any atom is -0.455 e. The van der Waals surface area contributed by atoms with Crippen LogP contribution in [0.15, 0.2) is 168 Å². The molecule has 50 heavy (non-hydrogen) atoms. The van der Waals surface area contributed by atoms with E-state index in [4.69, 9.17) is 19.4 Å². The molecule has 5 heteroatoms. The standard InChI is InChI=1S/C45H27N3OS/c1-2-10-28(11-3-1)29-20-22-30(23-21-29)43-46-44(48-45(47-43)38-17-9-16-37-34-14-4-6-18-39(34)49-42(37)38)33-13-8-12-31(26-33)32-24-25-36-35-15-5-7-19-40(35)50-41(36)27-32/h1-27H. The fourth-order valence-electron chi connectivity index (χ4n) is 6.86. The molecule has 234 valence electrons. The van der Waals surface area contributed by atoms with Crippen molar-refractivity contribution in [2.24, 2.45) is 0 Å². The van der Waals surface area contributed by atoms with E-state index in [1.165, 1.54) is 25.7 Å². The average Bonchev–Trinajstić information content (AvgIpc) is 3.76. The first-order valence-corrected chi connectivity index (χ1v) is 17.4. The SMILES string of the molecule is c1ccc(-c2ccc(-c3nc(-c4cccc(-c5ccc6c(c5)sc5ccccc56)c4)nc(-c4cccc5c4oc4ccccc45)n3)cc2)cc1. The monoisotopic (exact) mass is 657 g/mol. The first kappa shape index (κ1) is 28.6. The number of hydrogen-bond donors (Lipinski definition) is 0. The molecule has 0 unspecified atom stereocenters. The molecule has 0 N–H and O–H groups in total. The average molecular weight is 658 g/mol. The number of thiophene rings is 1. The van der Waals surface area contributed by atoms with E-state index < -0.39 is 0 Å². The van der Waals surface area contributed by atoms with E-state index in [0.717, 1.165) is 55.3 Å². The van der Waals surface area contributed by atoms with Crippen LogP contribution < -0.4 is 0 Å². The third kappa shape index (κ3) is 4.87. The number of furan rings is 1. The molecule has 0 amide bonds. The van der Waals surface area contributed by atoms with Crippen LogP contribution in [-0.2, 0) is 0 Å². The molecule has 0 radical (unpaired) electrons. The molecule has 0 aliphatic carbocycles. The second kappa shape index (κ2) is 11.6. The Kier molecular flexibility index (Phi) is 6.64. The molecule has 0 aliphatic rings. The fraction of sp³-hybridized carbons (Fsp3) is 0. The van der Waals surface area contributed by atoms with Crippen LogP contribution in [0.5, 0.6) is 0 Å². The van der Waals surface area contributed by atoms with Crippen molar-refractivity contribution in [1.82, 2.24) is 15.0 Å². The van der Waals surface area contributed by atoms with Gasteiger partial charge in [-0.15, -0.1) is 11.3 Å². The van der Waals surface area contributed by atoms with Gasteiger partial charge in [0.25, 0.3) is 0 Å². The van der Waals surface area contributed by atoms with Crippen molar-refractivity contribution >= 4 is 53.4 Å². The summed E-state index contributed by atoms with van der Waals surface area (Å²) in [4.78, 5) is 15.3. The molecular formula is C45H27N3OS. The Labute approximate surface area is 292 Å². The van der Waals surface area contributed by atoms with Crippen molar-refractivity contribution < 1.29 is 4.42 Å². The summed E-state index contributed by atoms with van der Waals surface area (Å²) >= 11 is 1.83. The Hall–Kier alpha value is -6.43. The number of hydrogen-bond acceptors (Lipinski definition) is 5. The smallest absolute Gasteiger partial charge is 0.167 e. The summed E-state index contributed by atoms with van der Waals surface area (Å²) in [5.74, 6) is 1.78. The highest BCUT2D eigenvalue weighted by Crippen LogP contribution is 2.38. The van der Waals surface area contributed by atoms with E-state index >= 15 is 0 Å². The zero-order chi connectivity index (χ0) is 33.0.